The number of amides is 1. The number of fused-ring (bicyclic) bond motifs is 1. The number of aryl methyl sites for hydroxylation is 1. The van der Waals surface area contributed by atoms with E-state index in [-0.39, 0.29) is 11.9 Å². The van der Waals surface area contributed by atoms with Crippen molar-refractivity contribution in [1.82, 2.24) is 19.7 Å². The van der Waals surface area contributed by atoms with Crippen molar-refractivity contribution in [3.8, 4) is 5.75 Å². The number of nitrogens with zero attached hydrogens (tertiary/aromatic N) is 4. The number of carboxylic acid groups (broad SMARTS) is 1. The third-order valence-corrected chi connectivity index (χ3v) is 4.66. The lowest BCUT2D eigenvalue weighted by atomic mass is 10.1. The van der Waals surface area contributed by atoms with Gasteiger partial charge in [0.15, 0.2) is 5.82 Å². The molecule has 9 heteroatoms. The first-order chi connectivity index (χ1) is 14.1. The van der Waals surface area contributed by atoms with E-state index in [2.05, 4.69) is 35.5 Å². The molecular formula is C21H31N5O4. The van der Waals surface area contributed by atoms with Gasteiger partial charge in [-0.3, -0.25) is 9.59 Å². The van der Waals surface area contributed by atoms with Gasteiger partial charge in [0.1, 0.15) is 18.2 Å². The van der Waals surface area contributed by atoms with E-state index in [1.54, 1.807) is 6.07 Å². The van der Waals surface area contributed by atoms with Crippen LogP contribution in [-0.4, -0.2) is 56.3 Å². The number of aliphatic carboxylic acids is 1. The summed E-state index contributed by atoms with van der Waals surface area (Å²) in [6, 6.07) is 5.70. The number of hydrogen-bond donors (Lipinski definition) is 2. The Bertz CT molecular complexity index is 890. The van der Waals surface area contributed by atoms with E-state index < -0.39 is 5.97 Å². The Labute approximate surface area is 176 Å². The maximum absolute atomic E-state index is 13.0. The summed E-state index contributed by atoms with van der Waals surface area (Å²) >= 11 is 0. The van der Waals surface area contributed by atoms with Crippen LogP contribution in [0.25, 0.3) is 0 Å². The normalized spacial score (nSPS) is 15.3. The van der Waals surface area contributed by atoms with Crippen LogP contribution in [0.5, 0.6) is 5.75 Å². The van der Waals surface area contributed by atoms with Gasteiger partial charge < -0.3 is 25.0 Å². The SMILES string of the molecule is CC(=O)O.Cc1ccc(C(=O)N2Cc3nnc(C(C)C)n3[C@@H](C)C2)cc1OCCN. The lowest BCUT2D eigenvalue weighted by Gasteiger charge is -2.33. The van der Waals surface area contributed by atoms with Crippen molar-refractivity contribution < 1.29 is 19.4 Å². The predicted molar refractivity (Wildman–Crippen MR) is 113 cm³/mol. The summed E-state index contributed by atoms with van der Waals surface area (Å²) in [5.74, 6) is 1.98. The van der Waals surface area contributed by atoms with Crippen LogP contribution in [0.3, 0.4) is 0 Å². The minimum Gasteiger partial charge on any atom is -0.492 e. The summed E-state index contributed by atoms with van der Waals surface area (Å²) in [4.78, 5) is 23.9. The Morgan fingerprint density at radius 3 is 2.60 bits per heavy atom. The highest BCUT2D eigenvalue weighted by Gasteiger charge is 2.30. The van der Waals surface area contributed by atoms with Crippen molar-refractivity contribution in [2.24, 2.45) is 5.73 Å². The van der Waals surface area contributed by atoms with Gasteiger partial charge in [0.25, 0.3) is 11.9 Å². The van der Waals surface area contributed by atoms with Gasteiger partial charge in [-0.15, -0.1) is 10.2 Å². The van der Waals surface area contributed by atoms with Gasteiger partial charge in [-0.1, -0.05) is 19.9 Å². The topological polar surface area (TPSA) is 124 Å². The number of nitrogens with two attached hydrogens (primary N) is 1. The summed E-state index contributed by atoms with van der Waals surface area (Å²) in [6.45, 7) is 11.3. The van der Waals surface area contributed by atoms with Gasteiger partial charge in [0, 0.05) is 31.5 Å². The summed E-state index contributed by atoms with van der Waals surface area (Å²) in [6.07, 6.45) is 0. The van der Waals surface area contributed by atoms with Crippen LogP contribution in [0.2, 0.25) is 0 Å². The molecule has 3 N–H and O–H groups in total. The van der Waals surface area contributed by atoms with Gasteiger partial charge in [-0.25, -0.2) is 0 Å². The van der Waals surface area contributed by atoms with Crippen LogP contribution in [0.15, 0.2) is 18.2 Å². The van der Waals surface area contributed by atoms with Gasteiger partial charge in [0.05, 0.1) is 12.6 Å². The van der Waals surface area contributed by atoms with Gasteiger partial charge in [-0.05, 0) is 31.5 Å². The average Bonchev–Trinajstić information content (AvgIpc) is 3.11. The van der Waals surface area contributed by atoms with E-state index in [1.165, 1.54) is 0 Å². The van der Waals surface area contributed by atoms with Crippen molar-refractivity contribution in [2.75, 3.05) is 19.7 Å². The molecule has 1 aromatic carbocycles. The van der Waals surface area contributed by atoms with Gasteiger partial charge in [-0.2, -0.15) is 0 Å². The molecule has 3 rings (SSSR count). The van der Waals surface area contributed by atoms with E-state index in [0.29, 0.717) is 43.5 Å². The minimum atomic E-state index is -0.833. The van der Waals surface area contributed by atoms with Gasteiger partial charge >= 0.3 is 0 Å². The monoisotopic (exact) mass is 417 g/mol. The largest absolute Gasteiger partial charge is 0.492 e. The summed E-state index contributed by atoms with van der Waals surface area (Å²) in [7, 11) is 0. The maximum atomic E-state index is 13.0. The fourth-order valence-electron chi connectivity index (χ4n) is 3.35. The third-order valence-electron chi connectivity index (χ3n) is 4.66. The molecule has 1 aliphatic rings. The van der Waals surface area contributed by atoms with E-state index in [1.807, 2.05) is 24.0 Å². The average molecular weight is 418 g/mol. The fourth-order valence-corrected chi connectivity index (χ4v) is 3.35. The van der Waals surface area contributed by atoms with Crippen LogP contribution >= 0.6 is 0 Å². The van der Waals surface area contributed by atoms with E-state index in [4.69, 9.17) is 20.4 Å². The van der Waals surface area contributed by atoms with Crippen LogP contribution in [0.4, 0.5) is 0 Å². The van der Waals surface area contributed by atoms with E-state index >= 15 is 0 Å². The third kappa shape index (κ3) is 5.56. The van der Waals surface area contributed by atoms with E-state index in [0.717, 1.165) is 24.1 Å². The molecule has 1 aliphatic heterocycles. The Balaban J connectivity index is 0.000000735. The number of ether oxygens (including phenoxy) is 1. The smallest absolute Gasteiger partial charge is 0.300 e. The Kier molecular flexibility index (Phi) is 7.93. The van der Waals surface area contributed by atoms with Crippen molar-refractivity contribution in [3.63, 3.8) is 0 Å². The van der Waals surface area contributed by atoms with Crippen molar-refractivity contribution in [2.45, 2.75) is 53.1 Å². The molecule has 0 fully saturated rings. The molecule has 0 saturated heterocycles. The molecule has 9 nitrogen and oxygen atoms in total. The molecule has 0 bridgehead atoms. The molecule has 1 aromatic heterocycles. The molecule has 1 amide bonds. The van der Waals surface area contributed by atoms with E-state index in [9.17, 15) is 4.79 Å². The predicted octanol–water partition coefficient (Wildman–Crippen LogP) is 2.36. The van der Waals surface area contributed by atoms with Crippen molar-refractivity contribution in [3.05, 3.63) is 41.0 Å². The number of carbonyl (C=O) groups is 2. The highest BCUT2D eigenvalue weighted by atomic mass is 16.5. The number of aromatic nitrogens is 3. The standard InChI is InChI=1S/C19H27N5O2.C2H4O2/c1-12(2)18-22-21-17-11-23(10-14(4)24(17)18)19(25)15-6-5-13(3)16(9-15)26-8-7-20;1-2(3)4/h5-6,9,12,14H,7-8,10-11,20H2,1-4H3;1H3,(H,3,4)/t14-;/m0./s1. The molecule has 164 valence electrons. The molecule has 2 heterocycles. The second kappa shape index (κ2) is 10.2. The summed E-state index contributed by atoms with van der Waals surface area (Å²) in [5, 5.41) is 16.0. The minimum absolute atomic E-state index is 0.0187. The molecule has 0 aliphatic carbocycles. The zero-order valence-corrected chi connectivity index (χ0v) is 18.3. The number of carboxylic acids is 1. The molecule has 1 atom stereocenters. The number of benzene rings is 1. The van der Waals surface area contributed by atoms with Gasteiger partial charge in [0.2, 0.25) is 0 Å². The lowest BCUT2D eigenvalue weighted by Crippen LogP contribution is -2.40. The summed E-state index contributed by atoms with van der Waals surface area (Å²) in [5.41, 5.74) is 7.12. The molecule has 0 saturated carbocycles. The quantitative estimate of drug-likeness (QED) is 0.765. The fraction of sp³-hybridized carbons (Fsp3) is 0.524. The molecule has 30 heavy (non-hydrogen) atoms. The maximum Gasteiger partial charge on any atom is 0.300 e. The highest BCUT2D eigenvalue weighted by Crippen LogP contribution is 2.27. The number of rotatable bonds is 5. The van der Waals surface area contributed by atoms with Crippen molar-refractivity contribution >= 4 is 11.9 Å². The van der Waals surface area contributed by atoms with Crippen molar-refractivity contribution in [1.29, 1.82) is 0 Å². The number of hydrogen-bond acceptors (Lipinski definition) is 6. The Morgan fingerprint density at radius 2 is 2.00 bits per heavy atom. The molecule has 0 spiro atoms. The zero-order chi connectivity index (χ0) is 22.4. The first-order valence-corrected chi connectivity index (χ1v) is 10.0. The molecule has 0 radical (unpaired) electrons. The number of carbonyl (C=O) groups excluding carboxylic acids is 1. The van der Waals surface area contributed by atoms with Crippen LogP contribution < -0.4 is 10.5 Å². The first-order valence-electron chi connectivity index (χ1n) is 10.0. The first kappa shape index (κ1) is 23.3. The zero-order valence-electron chi connectivity index (χ0n) is 18.3. The Hall–Kier alpha value is -2.94. The highest BCUT2D eigenvalue weighted by molar-refractivity contribution is 5.94. The molecule has 2 aromatic rings. The molecule has 0 unspecified atom stereocenters. The lowest BCUT2D eigenvalue weighted by molar-refractivity contribution is -0.134. The van der Waals surface area contributed by atoms with Crippen LogP contribution in [0.1, 0.15) is 67.2 Å². The van der Waals surface area contributed by atoms with Crippen LogP contribution in [-0.2, 0) is 11.3 Å². The Morgan fingerprint density at radius 1 is 1.33 bits per heavy atom. The van der Waals surface area contributed by atoms with Crippen LogP contribution in [0, 0.1) is 6.92 Å². The second-order valence-electron chi connectivity index (χ2n) is 7.67. The second-order valence-corrected chi connectivity index (χ2v) is 7.67. The summed E-state index contributed by atoms with van der Waals surface area (Å²) < 4.78 is 7.82. The molecular weight excluding hydrogens is 386 g/mol.